The molecule has 0 amide bonds. The molecule has 0 fully saturated rings. The van der Waals surface area contributed by atoms with Gasteiger partial charge in [0.25, 0.3) is 0 Å². The molecule has 1 aromatic rings. The average molecular weight is 260 g/mol. The quantitative estimate of drug-likeness (QED) is 0.665. The first-order valence-corrected chi connectivity index (χ1v) is 4.60. The lowest BCUT2D eigenvalue weighted by atomic mass is 10.2. The van der Waals surface area contributed by atoms with Crippen LogP contribution in [0.2, 0.25) is 0 Å². The number of benzene rings is 1. The Labute approximate surface area is 90.1 Å². The van der Waals surface area contributed by atoms with Crippen LogP contribution in [0.4, 0.5) is 5.69 Å². The standard InChI is InChI=1S/C9H10BrNO3/c1-13-6-3-5(4-12)8(11)7(10)9(6)14-2/h3-4H,11H2,1-2H3. The van der Waals surface area contributed by atoms with E-state index in [-0.39, 0.29) is 0 Å². The van der Waals surface area contributed by atoms with Gasteiger partial charge in [0.05, 0.1) is 24.4 Å². The third kappa shape index (κ3) is 1.68. The van der Waals surface area contributed by atoms with Crippen LogP contribution in [-0.2, 0) is 0 Å². The summed E-state index contributed by atoms with van der Waals surface area (Å²) in [4.78, 5) is 10.7. The van der Waals surface area contributed by atoms with E-state index in [4.69, 9.17) is 15.2 Å². The average Bonchev–Trinajstić information content (AvgIpc) is 2.21. The minimum Gasteiger partial charge on any atom is -0.493 e. The molecule has 0 aliphatic carbocycles. The van der Waals surface area contributed by atoms with Crippen LogP contribution in [0, 0.1) is 0 Å². The molecule has 0 saturated carbocycles. The van der Waals surface area contributed by atoms with E-state index in [2.05, 4.69) is 15.9 Å². The first-order valence-electron chi connectivity index (χ1n) is 3.80. The number of anilines is 1. The first-order chi connectivity index (χ1) is 6.65. The SMILES string of the molecule is COc1cc(C=O)c(N)c(Br)c1OC. The second kappa shape index (κ2) is 4.32. The highest BCUT2D eigenvalue weighted by atomic mass is 79.9. The number of halogens is 1. The van der Waals surface area contributed by atoms with Crippen LogP contribution in [0.1, 0.15) is 10.4 Å². The van der Waals surface area contributed by atoms with E-state index in [1.807, 2.05) is 0 Å². The fraction of sp³-hybridized carbons (Fsp3) is 0.222. The van der Waals surface area contributed by atoms with E-state index in [0.29, 0.717) is 33.5 Å². The van der Waals surface area contributed by atoms with Gasteiger partial charge in [0.2, 0.25) is 0 Å². The number of hydrogen-bond donors (Lipinski definition) is 1. The Balaban J connectivity index is 3.45. The van der Waals surface area contributed by atoms with E-state index in [1.54, 1.807) is 0 Å². The van der Waals surface area contributed by atoms with Crippen LogP contribution in [0.3, 0.4) is 0 Å². The van der Waals surface area contributed by atoms with Gasteiger partial charge in [-0.3, -0.25) is 4.79 Å². The summed E-state index contributed by atoms with van der Waals surface area (Å²) in [7, 11) is 3.00. The molecule has 0 aliphatic rings. The Morgan fingerprint density at radius 1 is 1.43 bits per heavy atom. The second-order valence-electron chi connectivity index (χ2n) is 2.55. The fourth-order valence-corrected chi connectivity index (χ4v) is 1.67. The molecule has 14 heavy (non-hydrogen) atoms. The molecule has 0 spiro atoms. The Kier molecular flexibility index (Phi) is 3.35. The van der Waals surface area contributed by atoms with Crippen molar-refractivity contribution in [3.8, 4) is 11.5 Å². The van der Waals surface area contributed by atoms with Crippen molar-refractivity contribution in [3.63, 3.8) is 0 Å². The predicted molar refractivity (Wildman–Crippen MR) is 57.0 cm³/mol. The van der Waals surface area contributed by atoms with Crippen molar-refractivity contribution in [2.75, 3.05) is 20.0 Å². The van der Waals surface area contributed by atoms with Crippen molar-refractivity contribution in [2.24, 2.45) is 0 Å². The zero-order valence-electron chi connectivity index (χ0n) is 7.83. The predicted octanol–water partition coefficient (Wildman–Crippen LogP) is 1.86. The number of nitrogens with two attached hydrogens (primary N) is 1. The summed E-state index contributed by atoms with van der Waals surface area (Å²) in [5, 5.41) is 0. The maximum absolute atomic E-state index is 10.7. The zero-order chi connectivity index (χ0) is 10.7. The van der Waals surface area contributed by atoms with Gasteiger partial charge in [-0.2, -0.15) is 0 Å². The molecule has 0 radical (unpaired) electrons. The molecule has 0 saturated heterocycles. The van der Waals surface area contributed by atoms with Crippen LogP contribution in [0.25, 0.3) is 0 Å². The molecule has 1 rings (SSSR count). The van der Waals surface area contributed by atoms with Gasteiger partial charge in [-0.25, -0.2) is 0 Å². The maximum atomic E-state index is 10.7. The molecule has 4 nitrogen and oxygen atoms in total. The Bertz CT molecular complexity index is 366. The van der Waals surface area contributed by atoms with Crippen molar-refractivity contribution >= 4 is 27.9 Å². The van der Waals surface area contributed by atoms with Gasteiger partial charge in [-0.1, -0.05) is 0 Å². The molecule has 2 N–H and O–H groups in total. The zero-order valence-corrected chi connectivity index (χ0v) is 9.42. The topological polar surface area (TPSA) is 61.5 Å². The van der Waals surface area contributed by atoms with Crippen molar-refractivity contribution in [3.05, 3.63) is 16.1 Å². The van der Waals surface area contributed by atoms with E-state index in [0.717, 1.165) is 0 Å². The van der Waals surface area contributed by atoms with Gasteiger partial charge in [-0.15, -0.1) is 0 Å². The highest BCUT2D eigenvalue weighted by molar-refractivity contribution is 9.10. The minimum absolute atomic E-state index is 0.345. The minimum atomic E-state index is 0.345. The summed E-state index contributed by atoms with van der Waals surface area (Å²) in [6, 6.07) is 1.53. The number of rotatable bonds is 3. The molecular formula is C9H10BrNO3. The number of carbonyl (C=O) groups excluding carboxylic acids is 1. The Morgan fingerprint density at radius 2 is 2.07 bits per heavy atom. The number of hydrogen-bond acceptors (Lipinski definition) is 4. The van der Waals surface area contributed by atoms with E-state index < -0.39 is 0 Å². The molecule has 0 aromatic heterocycles. The van der Waals surface area contributed by atoms with Gasteiger partial charge in [0, 0.05) is 5.56 Å². The highest BCUT2D eigenvalue weighted by Gasteiger charge is 2.15. The molecule has 0 unspecified atom stereocenters. The molecule has 0 heterocycles. The largest absolute Gasteiger partial charge is 0.493 e. The number of carbonyl (C=O) groups is 1. The van der Waals surface area contributed by atoms with Gasteiger partial charge >= 0.3 is 0 Å². The van der Waals surface area contributed by atoms with Gasteiger partial charge < -0.3 is 15.2 Å². The third-order valence-electron chi connectivity index (χ3n) is 1.81. The molecule has 5 heteroatoms. The second-order valence-corrected chi connectivity index (χ2v) is 3.34. The highest BCUT2D eigenvalue weighted by Crippen LogP contribution is 2.40. The molecule has 0 atom stereocenters. The normalized spacial score (nSPS) is 9.64. The maximum Gasteiger partial charge on any atom is 0.177 e. The number of nitrogen functional groups attached to an aromatic ring is 1. The monoisotopic (exact) mass is 259 g/mol. The lowest BCUT2D eigenvalue weighted by Gasteiger charge is -2.12. The van der Waals surface area contributed by atoms with Crippen LogP contribution >= 0.6 is 15.9 Å². The summed E-state index contributed by atoms with van der Waals surface area (Å²) < 4.78 is 10.7. The Hall–Kier alpha value is -1.23. The van der Waals surface area contributed by atoms with Crippen molar-refractivity contribution < 1.29 is 14.3 Å². The lowest BCUT2D eigenvalue weighted by molar-refractivity contribution is 0.112. The molecule has 0 bridgehead atoms. The smallest absolute Gasteiger partial charge is 0.177 e. The Morgan fingerprint density at radius 3 is 2.50 bits per heavy atom. The van der Waals surface area contributed by atoms with Crippen LogP contribution in [-0.4, -0.2) is 20.5 Å². The third-order valence-corrected chi connectivity index (χ3v) is 2.60. The van der Waals surface area contributed by atoms with Crippen LogP contribution in [0.15, 0.2) is 10.5 Å². The van der Waals surface area contributed by atoms with Crippen molar-refractivity contribution in [2.45, 2.75) is 0 Å². The van der Waals surface area contributed by atoms with Crippen molar-refractivity contribution in [1.29, 1.82) is 0 Å². The van der Waals surface area contributed by atoms with Gasteiger partial charge in [0.15, 0.2) is 17.8 Å². The number of methoxy groups -OCH3 is 2. The van der Waals surface area contributed by atoms with Crippen LogP contribution < -0.4 is 15.2 Å². The molecule has 76 valence electrons. The summed E-state index contributed by atoms with van der Waals surface area (Å²) in [6.45, 7) is 0. The molecular weight excluding hydrogens is 250 g/mol. The van der Waals surface area contributed by atoms with E-state index in [1.165, 1.54) is 20.3 Å². The van der Waals surface area contributed by atoms with Crippen LogP contribution in [0.5, 0.6) is 11.5 Å². The summed E-state index contributed by atoms with van der Waals surface area (Å²) in [5.41, 5.74) is 6.39. The summed E-state index contributed by atoms with van der Waals surface area (Å²) >= 11 is 3.23. The lowest BCUT2D eigenvalue weighted by Crippen LogP contribution is -1.99. The first kappa shape index (κ1) is 10.8. The summed E-state index contributed by atoms with van der Waals surface area (Å²) in [6.07, 6.45) is 0.669. The van der Waals surface area contributed by atoms with E-state index >= 15 is 0 Å². The van der Waals surface area contributed by atoms with E-state index in [9.17, 15) is 4.79 Å². The summed E-state index contributed by atoms with van der Waals surface area (Å²) in [5.74, 6) is 0.950. The van der Waals surface area contributed by atoms with Gasteiger partial charge in [0.1, 0.15) is 0 Å². The molecule has 1 aromatic carbocycles. The van der Waals surface area contributed by atoms with Gasteiger partial charge in [-0.05, 0) is 22.0 Å². The molecule has 0 aliphatic heterocycles. The van der Waals surface area contributed by atoms with Crippen molar-refractivity contribution in [1.82, 2.24) is 0 Å². The fourth-order valence-electron chi connectivity index (χ4n) is 1.08. The number of aldehydes is 1. The number of ether oxygens (including phenoxy) is 2.